The number of pyridine rings is 1. The summed E-state index contributed by atoms with van der Waals surface area (Å²) in [5.74, 6) is -0.325. The molecule has 1 saturated carbocycles. The third kappa shape index (κ3) is 4.35. The number of rotatable bonds is 5. The van der Waals surface area contributed by atoms with Crippen LogP contribution < -0.4 is 10.9 Å². The molecule has 2 aromatic heterocycles. The fourth-order valence-electron chi connectivity index (χ4n) is 4.13. The second-order valence-electron chi connectivity index (χ2n) is 8.25. The molecule has 4 rings (SSSR count). The van der Waals surface area contributed by atoms with Gasteiger partial charge in [0.2, 0.25) is 16.0 Å². The summed E-state index contributed by atoms with van der Waals surface area (Å²) in [4.78, 5) is 21.3. The van der Waals surface area contributed by atoms with E-state index in [-0.39, 0.29) is 23.4 Å². The maximum atomic E-state index is 14.0. The van der Waals surface area contributed by atoms with E-state index in [2.05, 4.69) is 15.3 Å². The van der Waals surface area contributed by atoms with Crippen molar-refractivity contribution in [3.05, 3.63) is 28.2 Å². The van der Waals surface area contributed by atoms with E-state index in [0.717, 1.165) is 23.1 Å². The summed E-state index contributed by atoms with van der Waals surface area (Å²) >= 11 is 0. The van der Waals surface area contributed by atoms with Crippen LogP contribution in [0.5, 0.6) is 0 Å². The summed E-state index contributed by atoms with van der Waals surface area (Å²) in [6, 6.07) is -1.76. The highest BCUT2D eigenvalue weighted by molar-refractivity contribution is 7.88. The SMILES string of the molecule is [2H]C(F)(F)c1cc2cnc(NC3C([2H])([2H])CN(S(C)(=O)=O)CC3([2H])[2H])nc2n([C@@H]2CCC[C@@]2(C)O)c1=O. The van der Waals surface area contributed by atoms with Crippen LogP contribution in [0.2, 0.25) is 0 Å². The van der Waals surface area contributed by atoms with Crippen molar-refractivity contribution in [2.75, 3.05) is 24.7 Å². The number of anilines is 1. The molecule has 12 heteroatoms. The molecule has 1 aliphatic carbocycles. The first-order valence-electron chi connectivity index (χ1n) is 12.5. The molecule has 2 aliphatic rings. The molecule has 0 unspecified atom stereocenters. The smallest absolute Gasteiger partial charge is 0.269 e. The summed E-state index contributed by atoms with van der Waals surface area (Å²) in [7, 11) is -3.88. The number of aromatic nitrogens is 3. The predicted octanol–water partition coefficient (Wildman–Crippen LogP) is 2.04. The number of nitrogens with one attached hydrogen (secondary N) is 1. The molecule has 0 radical (unpaired) electrons. The summed E-state index contributed by atoms with van der Waals surface area (Å²) in [5, 5.41) is 13.4. The standard InChI is InChI=1S/C20H27F2N5O4S/c1-20(29)7-3-4-15(20)27-17-12(10-14(16(21)22)18(27)28)11-23-19(25-17)24-13-5-8-26(9-6-13)32(2,30)31/h10-11,13,15-16,29H,3-9H2,1-2H3,(H,23,24,25)/t15-,20-/m1/s1/i5D2,6D2,16D. The molecule has 176 valence electrons. The van der Waals surface area contributed by atoms with Crippen LogP contribution in [0.4, 0.5) is 14.7 Å². The predicted molar refractivity (Wildman–Crippen MR) is 115 cm³/mol. The minimum atomic E-state index is -4.23. The Hall–Kier alpha value is -2.18. The molecule has 2 N–H and O–H groups in total. The van der Waals surface area contributed by atoms with Crippen LogP contribution >= 0.6 is 0 Å². The Bertz CT molecular complexity index is 1380. The van der Waals surface area contributed by atoms with Crippen molar-refractivity contribution in [1.82, 2.24) is 18.8 Å². The van der Waals surface area contributed by atoms with Gasteiger partial charge >= 0.3 is 0 Å². The molecule has 0 bridgehead atoms. The lowest BCUT2D eigenvalue weighted by Gasteiger charge is -2.31. The van der Waals surface area contributed by atoms with Crippen molar-refractivity contribution in [3.8, 4) is 0 Å². The van der Waals surface area contributed by atoms with Gasteiger partial charge in [-0.3, -0.25) is 9.36 Å². The number of fused-ring (bicyclic) bond motifs is 1. The molecule has 0 aromatic carbocycles. The Balaban J connectivity index is 1.83. The molecule has 2 fully saturated rings. The van der Waals surface area contributed by atoms with Gasteiger partial charge in [0, 0.05) is 36.2 Å². The fourth-order valence-corrected chi connectivity index (χ4v) is 4.75. The van der Waals surface area contributed by atoms with E-state index >= 15 is 0 Å². The van der Waals surface area contributed by atoms with Crippen molar-refractivity contribution in [3.63, 3.8) is 0 Å². The molecule has 2 aromatic rings. The van der Waals surface area contributed by atoms with Crippen LogP contribution in [0.15, 0.2) is 17.1 Å². The van der Waals surface area contributed by atoms with E-state index in [4.69, 9.17) is 6.85 Å². The van der Waals surface area contributed by atoms with Crippen LogP contribution in [0, 0.1) is 0 Å². The van der Waals surface area contributed by atoms with Gasteiger partial charge in [-0.2, -0.15) is 4.98 Å². The Labute approximate surface area is 191 Å². The highest BCUT2D eigenvalue weighted by atomic mass is 32.2. The van der Waals surface area contributed by atoms with E-state index in [1.165, 1.54) is 6.92 Å². The minimum absolute atomic E-state index is 0.0345. The molecule has 9 nitrogen and oxygen atoms in total. The first-order valence-corrected chi connectivity index (χ1v) is 11.8. The van der Waals surface area contributed by atoms with Crippen LogP contribution in [0.3, 0.4) is 0 Å². The fraction of sp³-hybridized carbons (Fsp3) is 0.650. The largest absolute Gasteiger partial charge is 0.388 e. The maximum absolute atomic E-state index is 14.0. The molecule has 3 heterocycles. The molecule has 1 aliphatic heterocycles. The number of aliphatic hydroxyl groups is 1. The molecule has 0 amide bonds. The zero-order valence-electron chi connectivity index (χ0n) is 22.5. The Morgan fingerprint density at radius 1 is 1.41 bits per heavy atom. The third-order valence-corrected chi connectivity index (χ3v) is 7.05. The van der Waals surface area contributed by atoms with E-state index < -0.39 is 71.1 Å². The first-order chi connectivity index (χ1) is 16.7. The molecule has 1 saturated heterocycles. The highest BCUT2D eigenvalue weighted by Crippen LogP contribution is 2.39. The monoisotopic (exact) mass is 476 g/mol. The number of alkyl halides is 2. The van der Waals surface area contributed by atoms with Crippen molar-refractivity contribution in [2.24, 2.45) is 0 Å². The highest BCUT2D eigenvalue weighted by Gasteiger charge is 2.40. The van der Waals surface area contributed by atoms with Crippen molar-refractivity contribution < 1.29 is 29.2 Å². The van der Waals surface area contributed by atoms with Gasteiger partial charge in [0.1, 0.15) is 7.02 Å². The Morgan fingerprint density at radius 2 is 2.09 bits per heavy atom. The average molecular weight is 477 g/mol. The number of hydrogen-bond acceptors (Lipinski definition) is 7. The number of hydrogen-bond donors (Lipinski definition) is 2. The van der Waals surface area contributed by atoms with Crippen molar-refractivity contribution >= 4 is 27.0 Å². The second-order valence-corrected chi connectivity index (χ2v) is 10.2. The minimum Gasteiger partial charge on any atom is -0.388 e. The van der Waals surface area contributed by atoms with Gasteiger partial charge in [-0.15, -0.1) is 0 Å². The van der Waals surface area contributed by atoms with Gasteiger partial charge in [-0.05, 0) is 45.0 Å². The topological polar surface area (TPSA) is 117 Å². The van der Waals surface area contributed by atoms with Gasteiger partial charge in [0.25, 0.3) is 12.0 Å². The number of piperidine rings is 1. The lowest BCUT2D eigenvalue weighted by atomic mass is 9.99. The quantitative estimate of drug-likeness (QED) is 0.678. The molecule has 32 heavy (non-hydrogen) atoms. The molecule has 2 atom stereocenters. The van der Waals surface area contributed by atoms with Crippen LogP contribution in [-0.4, -0.2) is 63.4 Å². The molecule has 0 spiro atoms. The van der Waals surface area contributed by atoms with E-state index in [1.54, 1.807) is 0 Å². The van der Waals surface area contributed by atoms with Gasteiger partial charge in [-0.25, -0.2) is 26.5 Å². The molecular weight excluding hydrogens is 444 g/mol. The van der Waals surface area contributed by atoms with E-state index in [1.807, 2.05) is 0 Å². The summed E-state index contributed by atoms with van der Waals surface area (Å²) < 4.78 is 93.9. The average Bonchev–Trinajstić information content (AvgIpc) is 3.06. The number of sulfonamides is 1. The maximum Gasteiger partial charge on any atom is 0.269 e. The van der Waals surface area contributed by atoms with E-state index in [9.17, 15) is 27.1 Å². The van der Waals surface area contributed by atoms with Gasteiger partial charge in [-0.1, -0.05) is 0 Å². The van der Waals surface area contributed by atoms with Gasteiger partial charge in [0.15, 0.2) is 0 Å². The normalized spacial score (nSPS) is 31.4. The summed E-state index contributed by atoms with van der Waals surface area (Å²) in [5.41, 5.74) is -3.92. The summed E-state index contributed by atoms with van der Waals surface area (Å²) in [6.45, 7) is 0.204. The summed E-state index contributed by atoms with van der Waals surface area (Å²) in [6.07, 6.45) is -6.04. The first kappa shape index (κ1) is 17.3. The van der Waals surface area contributed by atoms with Crippen molar-refractivity contribution in [1.29, 1.82) is 0 Å². The lowest BCUT2D eigenvalue weighted by molar-refractivity contribution is 0.0261. The number of halogens is 2. The van der Waals surface area contributed by atoms with Gasteiger partial charge in [0.05, 0.1) is 23.5 Å². The third-order valence-electron chi connectivity index (χ3n) is 5.85. The second kappa shape index (κ2) is 8.31. The molecular formula is C20H27F2N5O4S. The van der Waals surface area contributed by atoms with Crippen LogP contribution in [0.1, 0.15) is 63.8 Å². The van der Waals surface area contributed by atoms with Crippen molar-refractivity contribution in [2.45, 2.75) is 63.0 Å². The number of nitrogens with zero attached hydrogens (tertiary/aromatic N) is 4. The van der Waals surface area contributed by atoms with Crippen LogP contribution in [0.25, 0.3) is 11.0 Å². The Morgan fingerprint density at radius 3 is 2.66 bits per heavy atom. The van der Waals surface area contributed by atoms with Crippen LogP contribution in [-0.2, 0) is 10.0 Å². The lowest BCUT2D eigenvalue weighted by Crippen LogP contribution is -2.42. The van der Waals surface area contributed by atoms with E-state index in [0.29, 0.717) is 17.1 Å². The zero-order valence-corrected chi connectivity index (χ0v) is 18.3. The Kier molecular flexibility index (Phi) is 4.49. The van der Waals surface area contributed by atoms with Gasteiger partial charge < -0.3 is 10.4 Å². The zero-order chi connectivity index (χ0) is 27.8.